The van der Waals surface area contributed by atoms with Gasteiger partial charge in [-0.2, -0.15) is 13.8 Å². The predicted octanol–water partition coefficient (Wildman–Crippen LogP) is 1.53. The molecule has 1 N–H and O–H groups in total. The van der Waals surface area contributed by atoms with Crippen LogP contribution in [0.5, 0.6) is 0 Å². The van der Waals surface area contributed by atoms with Crippen LogP contribution in [-0.4, -0.2) is 27.4 Å². The van der Waals surface area contributed by atoms with E-state index in [1.165, 1.54) is 18.2 Å². The van der Waals surface area contributed by atoms with Gasteiger partial charge >= 0.3 is 6.43 Å². The first-order valence-corrected chi connectivity index (χ1v) is 5.61. The van der Waals surface area contributed by atoms with Crippen molar-refractivity contribution < 1.29 is 23.0 Å². The van der Waals surface area contributed by atoms with Crippen molar-refractivity contribution in [2.45, 2.75) is 13.0 Å². The highest BCUT2D eigenvalue weighted by Gasteiger charge is 2.20. The standard InChI is InChI=1S/C11H8F2N4O4/c12-9(13)10(18)14-5-8-15-11(21-16-8)6-3-1-2-4-7(6)17(19)20/h1-4,9H,5H2,(H,14,18). The number of carbonyl (C=O) groups excluding carboxylic acids is 1. The van der Waals surface area contributed by atoms with Crippen molar-refractivity contribution in [2.75, 3.05) is 0 Å². The average Bonchev–Trinajstić information content (AvgIpc) is 2.93. The van der Waals surface area contributed by atoms with E-state index >= 15 is 0 Å². The second-order valence-electron chi connectivity index (χ2n) is 3.81. The van der Waals surface area contributed by atoms with Crippen LogP contribution in [0.3, 0.4) is 0 Å². The van der Waals surface area contributed by atoms with Crippen LogP contribution in [0.1, 0.15) is 5.82 Å². The van der Waals surface area contributed by atoms with Crippen molar-refractivity contribution in [3.05, 3.63) is 40.2 Å². The largest absolute Gasteiger partial charge is 0.344 e. The summed E-state index contributed by atoms with van der Waals surface area (Å²) in [5.41, 5.74) is -0.134. The number of nitrogens with one attached hydrogen (secondary N) is 1. The lowest BCUT2D eigenvalue weighted by Gasteiger charge is -1.99. The quantitative estimate of drug-likeness (QED) is 0.661. The number of benzene rings is 1. The smallest absolute Gasteiger partial charge is 0.315 e. The molecule has 0 fully saturated rings. The van der Waals surface area contributed by atoms with Crippen molar-refractivity contribution >= 4 is 11.6 Å². The summed E-state index contributed by atoms with van der Waals surface area (Å²) in [5, 5.41) is 16.2. The summed E-state index contributed by atoms with van der Waals surface area (Å²) in [5.74, 6) is -1.67. The molecule has 21 heavy (non-hydrogen) atoms. The molecule has 0 spiro atoms. The van der Waals surface area contributed by atoms with Gasteiger partial charge in [-0.05, 0) is 6.07 Å². The number of nitrogens with zero attached hydrogens (tertiary/aromatic N) is 3. The zero-order chi connectivity index (χ0) is 15.4. The lowest BCUT2D eigenvalue weighted by molar-refractivity contribution is -0.384. The molecular weight excluding hydrogens is 290 g/mol. The Morgan fingerprint density at radius 2 is 2.14 bits per heavy atom. The molecule has 10 heteroatoms. The summed E-state index contributed by atoms with van der Waals surface area (Å²) in [6.45, 7) is -0.368. The zero-order valence-electron chi connectivity index (χ0n) is 10.3. The Balaban J connectivity index is 2.17. The number of rotatable bonds is 5. The molecule has 1 aromatic heterocycles. The first-order valence-electron chi connectivity index (χ1n) is 5.61. The van der Waals surface area contributed by atoms with E-state index in [1.54, 1.807) is 6.07 Å². The highest BCUT2D eigenvalue weighted by Crippen LogP contribution is 2.27. The fourth-order valence-electron chi connectivity index (χ4n) is 1.49. The molecule has 2 aromatic rings. The summed E-state index contributed by atoms with van der Waals surface area (Å²) < 4.78 is 28.8. The van der Waals surface area contributed by atoms with Crippen molar-refractivity contribution in [1.29, 1.82) is 0 Å². The zero-order valence-corrected chi connectivity index (χ0v) is 10.3. The van der Waals surface area contributed by atoms with Crippen LogP contribution in [0, 0.1) is 10.1 Å². The number of aromatic nitrogens is 2. The average molecular weight is 298 g/mol. The third kappa shape index (κ3) is 3.35. The molecule has 1 heterocycles. The number of halogens is 2. The summed E-state index contributed by atoms with van der Waals surface area (Å²) in [6, 6.07) is 5.69. The lowest BCUT2D eigenvalue weighted by atomic mass is 10.2. The van der Waals surface area contributed by atoms with Gasteiger partial charge in [0, 0.05) is 6.07 Å². The second-order valence-corrected chi connectivity index (χ2v) is 3.81. The molecule has 0 aliphatic heterocycles. The van der Waals surface area contributed by atoms with Crippen molar-refractivity contribution in [3.8, 4) is 11.5 Å². The Morgan fingerprint density at radius 3 is 2.81 bits per heavy atom. The molecule has 0 saturated heterocycles. The molecule has 2 rings (SSSR count). The van der Waals surface area contributed by atoms with Crippen LogP contribution in [-0.2, 0) is 11.3 Å². The van der Waals surface area contributed by atoms with Crippen LogP contribution >= 0.6 is 0 Å². The molecule has 0 aliphatic rings. The van der Waals surface area contributed by atoms with Gasteiger partial charge in [-0.1, -0.05) is 17.3 Å². The van der Waals surface area contributed by atoms with E-state index in [4.69, 9.17) is 4.52 Å². The fourth-order valence-corrected chi connectivity index (χ4v) is 1.49. The van der Waals surface area contributed by atoms with Crippen molar-refractivity contribution in [1.82, 2.24) is 15.5 Å². The highest BCUT2D eigenvalue weighted by atomic mass is 19.3. The van der Waals surface area contributed by atoms with Crippen LogP contribution < -0.4 is 5.32 Å². The van der Waals surface area contributed by atoms with Gasteiger partial charge in [0.25, 0.3) is 17.5 Å². The van der Waals surface area contributed by atoms with E-state index < -0.39 is 17.3 Å². The number of carbonyl (C=O) groups is 1. The maximum atomic E-state index is 12.0. The van der Waals surface area contributed by atoms with E-state index in [0.717, 1.165) is 0 Å². The van der Waals surface area contributed by atoms with Crippen LogP contribution in [0.4, 0.5) is 14.5 Å². The van der Waals surface area contributed by atoms with Crippen LogP contribution in [0.15, 0.2) is 28.8 Å². The van der Waals surface area contributed by atoms with Gasteiger partial charge < -0.3 is 9.84 Å². The maximum absolute atomic E-state index is 12.0. The summed E-state index contributed by atoms with van der Waals surface area (Å²) in [7, 11) is 0. The Kier molecular flexibility index (Phi) is 4.16. The molecular formula is C11H8F2N4O4. The predicted molar refractivity (Wildman–Crippen MR) is 64.2 cm³/mol. The Morgan fingerprint density at radius 1 is 1.43 bits per heavy atom. The monoisotopic (exact) mass is 298 g/mol. The molecule has 1 aromatic carbocycles. The van der Waals surface area contributed by atoms with Gasteiger partial charge in [0.2, 0.25) is 0 Å². The first kappa shape index (κ1) is 14.5. The number of alkyl halides is 2. The normalized spacial score (nSPS) is 10.6. The molecule has 8 nitrogen and oxygen atoms in total. The fraction of sp³-hybridized carbons (Fsp3) is 0.182. The Labute approximate surface area is 115 Å². The minimum absolute atomic E-state index is 0.0721. The molecule has 110 valence electrons. The number of amides is 1. The second kappa shape index (κ2) is 6.03. The van der Waals surface area contributed by atoms with Crippen LogP contribution in [0.25, 0.3) is 11.5 Å². The third-order valence-electron chi connectivity index (χ3n) is 2.42. The summed E-state index contributed by atoms with van der Waals surface area (Å²) >= 11 is 0. The van der Waals surface area contributed by atoms with E-state index in [-0.39, 0.29) is 29.5 Å². The van der Waals surface area contributed by atoms with Gasteiger partial charge in [0.1, 0.15) is 5.56 Å². The molecule has 0 atom stereocenters. The minimum Gasteiger partial charge on any atom is -0.344 e. The van der Waals surface area contributed by atoms with E-state index in [2.05, 4.69) is 10.1 Å². The number of nitro groups is 1. The van der Waals surface area contributed by atoms with Crippen molar-refractivity contribution in [2.24, 2.45) is 0 Å². The van der Waals surface area contributed by atoms with Gasteiger partial charge in [-0.25, -0.2) is 0 Å². The SMILES string of the molecule is O=C(NCc1noc(-c2ccccc2[N+](=O)[O-])n1)C(F)F. The number of para-hydroxylation sites is 1. The van der Waals surface area contributed by atoms with E-state index in [9.17, 15) is 23.7 Å². The van der Waals surface area contributed by atoms with E-state index in [0.29, 0.717) is 0 Å². The Hall–Kier alpha value is -2.91. The molecule has 1 amide bonds. The molecule has 0 saturated carbocycles. The molecule has 0 bridgehead atoms. The van der Waals surface area contributed by atoms with Crippen LogP contribution in [0.2, 0.25) is 0 Å². The molecule has 0 unspecified atom stereocenters. The number of hydrogen-bond donors (Lipinski definition) is 1. The molecule has 0 radical (unpaired) electrons. The van der Waals surface area contributed by atoms with Gasteiger partial charge in [-0.3, -0.25) is 14.9 Å². The summed E-state index contributed by atoms with van der Waals surface area (Å²) in [4.78, 5) is 24.8. The van der Waals surface area contributed by atoms with Crippen molar-refractivity contribution in [3.63, 3.8) is 0 Å². The van der Waals surface area contributed by atoms with Gasteiger partial charge in [0.15, 0.2) is 5.82 Å². The minimum atomic E-state index is -3.15. The van der Waals surface area contributed by atoms with E-state index in [1.807, 2.05) is 5.32 Å². The van der Waals surface area contributed by atoms with Gasteiger partial charge in [-0.15, -0.1) is 0 Å². The lowest BCUT2D eigenvalue weighted by Crippen LogP contribution is -2.29. The van der Waals surface area contributed by atoms with Gasteiger partial charge in [0.05, 0.1) is 11.5 Å². The topological polar surface area (TPSA) is 111 Å². The molecule has 0 aliphatic carbocycles. The Bertz CT molecular complexity index is 674. The summed E-state index contributed by atoms with van der Waals surface area (Å²) in [6.07, 6.45) is -3.15. The third-order valence-corrected chi connectivity index (χ3v) is 2.42. The highest BCUT2D eigenvalue weighted by molar-refractivity contribution is 5.78. The maximum Gasteiger partial charge on any atom is 0.315 e. The number of hydrogen-bond acceptors (Lipinski definition) is 6. The number of nitro benzene ring substituents is 1. The first-order chi connectivity index (χ1) is 9.99.